The number of rotatable bonds is 4. The third kappa shape index (κ3) is 3.10. The normalized spacial score (nSPS) is 23.6. The van der Waals surface area contributed by atoms with Crippen molar-refractivity contribution in [1.29, 1.82) is 0 Å². The standard InChI is InChI=1S/C15H23N3O4/c1-18-9-12(14(17-18)20-2)13(19)16-8-11-10-21-15(22-11)6-4-3-5-7-15/h9,11H,3-8,10H2,1-2H3,(H,16,19)/t11-/m0/s1. The van der Waals surface area contributed by atoms with Crippen molar-refractivity contribution in [3.63, 3.8) is 0 Å². The van der Waals surface area contributed by atoms with Crippen LogP contribution >= 0.6 is 0 Å². The maximum Gasteiger partial charge on any atom is 0.258 e. The van der Waals surface area contributed by atoms with Gasteiger partial charge in [0.1, 0.15) is 11.7 Å². The zero-order valence-electron chi connectivity index (χ0n) is 13.1. The molecule has 2 aliphatic rings. The summed E-state index contributed by atoms with van der Waals surface area (Å²) in [5.74, 6) is -0.287. The molecule has 1 aliphatic heterocycles. The predicted octanol–water partition coefficient (Wildman–Crippen LogP) is 1.23. The Labute approximate surface area is 129 Å². The monoisotopic (exact) mass is 309 g/mol. The maximum absolute atomic E-state index is 12.2. The topological polar surface area (TPSA) is 74.6 Å². The number of carbonyl (C=O) groups excluding carboxylic acids is 1. The fourth-order valence-electron chi connectivity index (χ4n) is 3.15. The second-order valence-electron chi connectivity index (χ2n) is 5.96. The lowest BCUT2D eigenvalue weighted by molar-refractivity contribution is -0.186. The van der Waals surface area contributed by atoms with Gasteiger partial charge in [-0.1, -0.05) is 6.42 Å². The number of nitrogens with zero attached hydrogens (tertiary/aromatic N) is 2. The Balaban J connectivity index is 1.53. The molecule has 1 amide bonds. The highest BCUT2D eigenvalue weighted by Gasteiger charge is 2.42. The van der Waals surface area contributed by atoms with Crippen molar-refractivity contribution < 1.29 is 19.0 Å². The first-order chi connectivity index (χ1) is 10.6. The molecule has 1 saturated carbocycles. The Morgan fingerprint density at radius 2 is 2.27 bits per heavy atom. The number of nitrogens with one attached hydrogen (secondary N) is 1. The number of ether oxygens (including phenoxy) is 3. The summed E-state index contributed by atoms with van der Waals surface area (Å²) in [4.78, 5) is 12.2. The molecular weight excluding hydrogens is 286 g/mol. The molecule has 1 aromatic rings. The number of hydrogen-bond acceptors (Lipinski definition) is 5. The number of methoxy groups -OCH3 is 1. The zero-order chi connectivity index (χ0) is 15.6. The van der Waals surface area contributed by atoms with Crippen LogP contribution in [0.2, 0.25) is 0 Å². The second-order valence-corrected chi connectivity index (χ2v) is 5.96. The van der Waals surface area contributed by atoms with Crippen LogP contribution in [0.5, 0.6) is 5.88 Å². The van der Waals surface area contributed by atoms with Crippen molar-refractivity contribution in [3.8, 4) is 5.88 Å². The van der Waals surface area contributed by atoms with E-state index in [1.807, 2.05) is 0 Å². The number of aromatic nitrogens is 2. The lowest BCUT2D eigenvalue weighted by Crippen LogP contribution is -2.37. The van der Waals surface area contributed by atoms with Crippen LogP contribution in [0.15, 0.2) is 6.20 Å². The van der Waals surface area contributed by atoms with Crippen molar-refractivity contribution in [1.82, 2.24) is 15.1 Å². The Kier molecular flexibility index (Phi) is 4.35. The lowest BCUT2D eigenvalue weighted by atomic mass is 9.94. The molecule has 2 heterocycles. The number of carbonyl (C=O) groups is 1. The molecule has 7 nitrogen and oxygen atoms in total. The molecule has 1 N–H and O–H groups in total. The van der Waals surface area contributed by atoms with Crippen LogP contribution in [0.25, 0.3) is 0 Å². The van der Waals surface area contributed by atoms with Gasteiger partial charge < -0.3 is 19.5 Å². The summed E-state index contributed by atoms with van der Waals surface area (Å²) in [5, 5.41) is 6.95. The maximum atomic E-state index is 12.2. The minimum Gasteiger partial charge on any atom is -0.479 e. The van der Waals surface area contributed by atoms with Gasteiger partial charge in [0.25, 0.3) is 5.91 Å². The Bertz CT molecular complexity index is 537. The van der Waals surface area contributed by atoms with Crippen LogP contribution in [0.1, 0.15) is 42.5 Å². The molecule has 0 radical (unpaired) electrons. The SMILES string of the molecule is COc1nn(C)cc1C(=O)NC[C@H]1COC2(CCCCC2)O1. The van der Waals surface area contributed by atoms with E-state index in [0.29, 0.717) is 24.6 Å². The second kappa shape index (κ2) is 6.26. The first-order valence-corrected chi connectivity index (χ1v) is 7.79. The van der Waals surface area contributed by atoms with Crippen LogP contribution in [0, 0.1) is 0 Å². The van der Waals surface area contributed by atoms with Crippen LogP contribution in [-0.4, -0.2) is 47.8 Å². The molecule has 7 heteroatoms. The minimum atomic E-state index is -0.403. The molecule has 22 heavy (non-hydrogen) atoms. The smallest absolute Gasteiger partial charge is 0.258 e. The summed E-state index contributed by atoms with van der Waals surface area (Å²) in [6.45, 7) is 0.961. The highest BCUT2D eigenvalue weighted by Crippen LogP contribution is 2.37. The molecule has 0 aromatic carbocycles. The van der Waals surface area contributed by atoms with Gasteiger partial charge in [-0.3, -0.25) is 9.48 Å². The molecule has 1 aromatic heterocycles. The fraction of sp³-hybridized carbons (Fsp3) is 0.733. The number of amides is 1. The zero-order valence-corrected chi connectivity index (χ0v) is 13.1. The van der Waals surface area contributed by atoms with E-state index in [2.05, 4.69) is 10.4 Å². The van der Waals surface area contributed by atoms with Gasteiger partial charge in [0.15, 0.2) is 5.79 Å². The summed E-state index contributed by atoms with van der Waals surface area (Å²) in [6.07, 6.45) is 6.99. The first kappa shape index (κ1) is 15.3. The molecule has 2 fully saturated rings. The predicted molar refractivity (Wildman–Crippen MR) is 78.7 cm³/mol. The molecular formula is C15H23N3O4. The first-order valence-electron chi connectivity index (χ1n) is 7.79. The lowest BCUT2D eigenvalue weighted by Gasteiger charge is -2.31. The molecule has 1 saturated heterocycles. The van der Waals surface area contributed by atoms with Gasteiger partial charge in [0.05, 0.1) is 13.7 Å². The average molecular weight is 309 g/mol. The van der Waals surface area contributed by atoms with Crippen molar-refractivity contribution in [3.05, 3.63) is 11.8 Å². The highest BCUT2D eigenvalue weighted by atomic mass is 16.7. The van der Waals surface area contributed by atoms with Crippen LogP contribution in [-0.2, 0) is 16.5 Å². The van der Waals surface area contributed by atoms with Gasteiger partial charge in [-0.15, -0.1) is 5.10 Å². The molecule has 1 atom stereocenters. The summed E-state index contributed by atoms with van der Waals surface area (Å²) in [6, 6.07) is 0. The van der Waals surface area contributed by atoms with Crippen LogP contribution < -0.4 is 10.1 Å². The van der Waals surface area contributed by atoms with Gasteiger partial charge in [0.2, 0.25) is 5.88 Å². The van der Waals surface area contributed by atoms with Crippen LogP contribution in [0.3, 0.4) is 0 Å². The van der Waals surface area contributed by atoms with Crippen molar-refractivity contribution >= 4 is 5.91 Å². The third-order valence-corrected chi connectivity index (χ3v) is 4.25. The molecule has 0 unspecified atom stereocenters. The summed E-state index contributed by atoms with van der Waals surface area (Å²) >= 11 is 0. The van der Waals surface area contributed by atoms with E-state index in [9.17, 15) is 4.79 Å². The average Bonchev–Trinajstić information content (AvgIpc) is 3.09. The summed E-state index contributed by atoms with van der Waals surface area (Å²) < 4.78 is 18.6. The van der Waals surface area contributed by atoms with Crippen molar-refractivity contribution in [2.45, 2.75) is 44.0 Å². The Morgan fingerprint density at radius 1 is 1.50 bits per heavy atom. The fourth-order valence-corrected chi connectivity index (χ4v) is 3.15. The summed E-state index contributed by atoms with van der Waals surface area (Å²) in [7, 11) is 3.25. The van der Waals surface area contributed by atoms with Crippen LogP contribution in [0.4, 0.5) is 0 Å². The largest absolute Gasteiger partial charge is 0.479 e. The van der Waals surface area contributed by atoms with E-state index in [1.54, 1.807) is 17.9 Å². The molecule has 1 spiro atoms. The van der Waals surface area contributed by atoms with Gasteiger partial charge >= 0.3 is 0 Å². The minimum absolute atomic E-state index is 0.0929. The number of hydrogen-bond donors (Lipinski definition) is 1. The molecule has 0 bridgehead atoms. The van der Waals surface area contributed by atoms with Crippen molar-refractivity contribution in [2.75, 3.05) is 20.3 Å². The van der Waals surface area contributed by atoms with E-state index < -0.39 is 5.79 Å². The Hall–Kier alpha value is -1.60. The van der Waals surface area contributed by atoms with E-state index in [0.717, 1.165) is 25.7 Å². The molecule has 3 rings (SSSR count). The van der Waals surface area contributed by atoms with E-state index in [1.165, 1.54) is 13.5 Å². The Morgan fingerprint density at radius 3 is 3.00 bits per heavy atom. The van der Waals surface area contributed by atoms with Gasteiger partial charge in [-0.05, 0) is 12.8 Å². The highest BCUT2D eigenvalue weighted by molar-refractivity contribution is 5.96. The third-order valence-electron chi connectivity index (χ3n) is 4.25. The molecule has 1 aliphatic carbocycles. The summed E-state index contributed by atoms with van der Waals surface area (Å²) in [5.41, 5.74) is 0.427. The van der Waals surface area contributed by atoms with Crippen molar-refractivity contribution in [2.24, 2.45) is 7.05 Å². The van der Waals surface area contributed by atoms with Gasteiger partial charge in [0, 0.05) is 32.6 Å². The van der Waals surface area contributed by atoms with E-state index >= 15 is 0 Å². The molecule has 122 valence electrons. The number of aryl methyl sites for hydroxylation is 1. The quantitative estimate of drug-likeness (QED) is 0.905. The van der Waals surface area contributed by atoms with E-state index in [4.69, 9.17) is 14.2 Å². The van der Waals surface area contributed by atoms with E-state index in [-0.39, 0.29) is 12.0 Å². The van der Waals surface area contributed by atoms with Gasteiger partial charge in [-0.2, -0.15) is 0 Å². The van der Waals surface area contributed by atoms with Gasteiger partial charge in [-0.25, -0.2) is 0 Å².